The summed E-state index contributed by atoms with van der Waals surface area (Å²) in [7, 11) is 0. The topological polar surface area (TPSA) is 28.7 Å². The van der Waals surface area contributed by atoms with Crippen molar-refractivity contribution in [3.8, 4) is 0 Å². The standard InChI is InChI=1S/C5H4ClF3N2/c6-1-3-4(5(7,8)9)11-2-10-3/h2H,1H2,(H,10,11). The Morgan fingerprint density at radius 1 is 1.55 bits per heavy atom. The molecule has 1 N–H and O–H groups in total. The summed E-state index contributed by atoms with van der Waals surface area (Å²) in [6.07, 6.45) is -3.44. The molecule has 0 aliphatic heterocycles. The summed E-state index contributed by atoms with van der Waals surface area (Å²) in [5, 5.41) is 0. The highest BCUT2D eigenvalue weighted by Crippen LogP contribution is 2.29. The molecule has 0 amide bonds. The van der Waals surface area contributed by atoms with Crippen molar-refractivity contribution >= 4 is 11.6 Å². The van der Waals surface area contributed by atoms with E-state index in [9.17, 15) is 13.2 Å². The zero-order chi connectivity index (χ0) is 8.48. The second kappa shape index (κ2) is 2.73. The summed E-state index contributed by atoms with van der Waals surface area (Å²) in [5.41, 5.74) is -1.04. The fraction of sp³-hybridized carbons (Fsp3) is 0.400. The second-order valence-corrected chi connectivity index (χ2v) is 2.13. The van der Waals surface area contributed by atoms with Crippen molar-refractivity contribution in [3.63, 3.8) is 0 Å². The molecule has 0 radical (unpaired) electrons. The van der Waals surface area contributed by atoms with Gasteiger partial charge >= 0.3 is 6.18 Å². The summed E-state index contributed by atoms with van der Waals surface area (Å²) in [5.74, 6) is -0.213. The number of aromatic amines is 1. The van der Waals surface area contributed by atoms with E-state index < -0.39 is 11.9 Å². The molecule has 0 unspecified atom stereocenters. The lowest BCUT2D eigenvalue weighted by Gasteiger charge is -2.02. The third-order valence-electron chi connectivity index (χ3n) is 1.12. The van der Waals surface area contributed by atoms with Gasteiger partial charge in [0, 0.05) is 0 Å². The predicted octanol–water partition coefficient (Wildman–Crippen LogP) is 2.17. The average molecular weight is 185 g/mol. The van der Waals surface area contributed by atoms with Crippen molar-refractivity contribution in [2.75, 3.05) is 0 Å². The van der Waals surface area contributed by atoms with Gasteiger partial charge in [-0.3, -0.25) is 0 Å². The Balaban J connectivity index is 3.02. The van der Waals surface area contributed by atoms with Crippen molar-refractivity contribution in [2.24, 2.45) is 0 Å². The number of nitrogens with zero attached hydrogens (tertiary/aromatic N) is 1. The highest BCUT2D eigenvalue weighted by molar-refractivity contribution is 6.16. The Kier molecular flexibility index (Phi) is 2.08. The summed E-state index contributed by atoms with van der Waals surface area (Å²) in [6, 6.07) is 0. The molecule has 6 heteroatoms. The van der Waals surface area contributed by atoms with Crippen LogP contribution in [0.1, 0.15) is 11.4 Å². The Morgan fingerprint density at radius 3 is 2.55 bits per heavy atom. The number of alkyl halides is 4. The number of hydrogen-bond acceptors (Lipinski definition) is 1. The number of hydrogen-bond donors (Lipinski definition) is 1. The predicted molar refractivity (Wildman–Crippen MR) is 33.1 cm³/mol. The van der Waals surface area contributed by atoms with Crippen molar-refractivity contribution in [1.29, 1.82) is 0 Å². The molecule has 1 rings (SSSR count). The quantitative estimate of drug-likeness (QED) is 0.666. The second-order valence-electron chi connectivity index (χ2n) is 1.86. The fourth-order valence-corrected chi connectivity index (χ4v) is 0.871. The van der Waals surface area contributed by atoms with E-state index in [1.165, 1.54) is 0 Å². The van der Waals surface area contributed by atoms with Gasteiger partial charge in [0.25, 0.3) is 0 Å². The highest BCUT2D eigenvalue weighted by atomic mass is 35.5. The summed E-state index contributed by atoms with van der Waals surface area (Å²) in [4.78, 5) is 5.39. The summed E-state index contributed by atoms with van der Waals surface area (Å²) < 4.78 is 35.8. The molecule has 0 aromatic carbocycles. The van der Waals surface area contributed by atoms with Crippen molar-refractivity contribution in [1.82, 2.24) is 9.97 Å². The zero-order valence-corrected chi connectivity index (χ0v) is 6.00. The van der Waals surface area contributed by atoms with E-state index in [0.29, 0.717) is 0 Å². The van der Waals surface area contributed by atoms with Crippen LogP contribution in [0.25, 0.3) is 0 Å². The van der Waals surface area contributed by atoms with Crippen LogP contribution in [0.5, 0.6) is 0 Å². The van der Waals surface area contributed by atoms with Gasteiger partial charge in [0.05, 0.1) is 17.9 Å². The Hall–Kier alpha value is -0.710. The third kappa shape index (κ3) is 1.65. The molecule has 0 spiro atoms. The Bertz CT molecular complexity index is 242. The van der Waals surface area contributed by atoms with Crippen LogP contribution in [0.4, 0.5) is 13.2 Å². The summed E-state index contributed by atoms with van der Waals surface area (Å²) >= 11 is 5.21. The van der Waals surface area contributed by atoms with E-state index in [2.05, 4.69) is 9.97 Å². The SMILES string of the molecule is FC(F)(F)c1nc[nH]c1CCl. The van der Waals surface area contributed by atoms with Gasteiger partial charge in [0.2, 0.25) is 0 Å². The van der Waals surface area contributed by atoms with Gasteiger partial charge in [-0.15, -0.1) is 11.6 Å². The molecule has 11 heavy (non-hydrogen) atoms. The van der Waals surface area contributed by atoms with Crippen LogP contribution in [0.2, 0.25) is 0 Å². The smallest absolute Gasteiger partial charge is 0.347 e. The first-order valence-corrected chi connectivity index (χ1v) is 3.24. The lowest BCUT2D eigenvalue weighted by Crippen LogP contribution is -2.08. The van der Waals surface area contributed by atoms with E-state index in [0.717, 1.165) is 6.33 Å². The van der Waals surface area contributed by atoms with Gasteiger partial charge in [0.15, 0.2) is 5.69 Å². The maximum absolute atomic E-state index is 11.9. The first-order chi connectivity index (χ1) is 5.05. The number of H-pyrrole nitrogens is 1. The molecule has 62 valence electrons. The fourth-order valence-electron chi connectivity index (χ4n) is 0.667. The number of nitrogens with one attached hydrogen (secondary N) is 1. The lowest BCUT2D eigenvalue weighted by molar-refractivity contribution is -0.141. The van der Waals surface area contributed by atoms with E-state index in [1.54, 1.807) is 0 Å². The maximum atomic E-state index is 11.9. The van der Waals surface area contributed by atoms with E-state index in [1.807, 2.05) is 0 Å². The van der Waals surface area contributed by atoms with Crippen LogP contribution < -0.4 is 0 Å². The third-order valence-corrected chi connectivity index (χ3v) is 1.39. The van der Waals surface area contributed by atoms with Crippen LogP contribution in [0.3, 0.4) is 0 Å². The molecule has 0 aliphatic rings. The molecule has 1 aromatic heterocycles. The molecule has 0 saturated heterocycles. The Morgan fingerprint density at radius 2 is 2.18 bits per heavy atom. The van der Waals surface area contributed by atoms with Crippen LogP contribution >= 0.6 is 11.6 Å². The lowest BCUT2D eigenvalue weighted by atomic mass is 10.3. The monoisotopic (exact) mass is 184 g/mol. The molecule has 1 heterocycles. The van der Waals surface area contributed by atoms with Crippen molar-refractivity contribution in [2.45, 2.75) is 12.1 Å². The van der Waals surface area contributed by atoms with Gasteiger partial charge in [0.1, 0.15) is 0 Å². The number of imidazole rings is 1. The van der Waals surface area contributed by atoms with Crippen LogP contribution in [0.15, 0.2) is 6.33 Å². The highest BCUT2D eigenvalue weighted by Gasteiger charge is 2.35. The van der Waals surface area contributed by atoms with Gasteiger partial charge < -0.3 is 4.98 Å². The summed E-state index contributed by atoms with van der Waals surface area (Å²) in [6.45, 7) is 0. The first kappa shape index (κ1) is 8.39. The molecular weight excluding hydrogens is 181 g/mol. The van der Waals surface area contributed by atoms with E-state index in [-0.39, 0.29) is 11.6 Å². The first-order valence-electron chi connectivity index (χ1n) is 2.71. The minimum atomic E-state index is -4.41. The molecule has 0 fully saturated rings. The normalized spacial score (nSPS) is 12.0. The van der Waals surface area contributed by atoms with Crippen LogP contribution in [-0.2, 0) is 12.1 Å². The molecule has 0 aliphatic carbocycles. The maximum Gasteiger partial charge on any atom is 0.435 e. The average Bonchev–Trinajstić information content (AvgIpc) is 2.31. The molecule has 1 aromatic rings. The minimum absolute atomic E-state index is 0.0980. The molecule has 0 bridgehead atoms. The van der Waals surface area contributed by atoms with Crippen LogP contribution in [0, 0.1) is 0 Å². The van der Waals surface area contributed by atoms with Crippen LogP contribution in [-0.4, -0.2) is 9.97 Å². The number of aromatic nitrogens is 2. The van der Waals surface area contributed by atoms with Gasteiger partial charge in [-0.25, -0.2) is 4.98 Å². The molecule has 0 saturated carbocycles. The zero-order valence-electron chi connectivity index (χ0n) is 5.24. The molecule has 0 atom stereocenters. The van der Waals surface area contributed by atoms with E-state index >= 15 is 0 Å². The van der Waals surface area contributed by atoms with E-state index in [4.69, 9.17) is 11.6 Å². The number of halogens is 4. The number of rotatable bonds is 1. The Labute approximate surface area is 65.4 Å². The largest absolute Gasteiger partial charge is 0.435 e. The van der Waals surface area contributed by atoms with Gasteiger partial charge in [-0.1, -0.05) is 0 Å². The van der Waals surface area contributed by atoms with Gasteiger partial charge in [-0.2, -0.15) is 13.2 Å². The van der Waals surface area contributed by atoms with Gasteiger partial charge in [-0.05, 0) is 0 Å². The molecule has 2 nitrogen and oxygen atoms in total. The van der Waals surface area contributed by atoms with Crippen molar-refractivity contribution < 1.29 is 13.2 Å². The van der Waals surface area contributed by atoms with Crippen molar-refractivity contribution in [3.05, 3.63) is 17.7 Å². The minimum Gasteiger partial charge on any atom is -0.347 e. The molecular formula is C5H4ClF3N2.